The normalized spacial score (nSPS) is 14.3. The molecule has 3 nitrogen and oxygen atoms in total. The van der Waals surface area contributed by atoms with Gasteiger partial charge in [-0.2, -0.15) is 13.2 Å². The van der Waals surface area contributed by atoms with Crippen LogP contribution in [-0.4, -0.2) is 17.6 Å². The number of ether oxygens (including phenoxy) is 1. The molecule has 0 unspecified atom stereocenters. The Balaban J connectivity index is 3.25. The number of aromatic hydroxyl groups is 1. The van der Waals surface area contributed by atoms with E-state index < -0.39 is 40.7 Å². The van der Waals surface area contributed by atoms with Gasteiger partial charge in [0.05, 0.1) is 5.02 Å². The summed E-state index contributed by atoms with van der Waals surface area (Å²) in [5, 5.41) is 8.57. The Bertz CT molecular complexity index is 473. The Morgan fingerprint density at radius 1 is 1.16 bits per heavy atom. The van der Waals surface area contributed by atoms with Gasteiger partial charge in [-0.3, -0.25) is 0 Å². The minimum Gasteiger partial charge on any atom is -0.506 e. The molecular weight excluding hydrogens is 304 g/mol. The second-order valence-electron chi connectivity index (χ2n) is 3.41. The number of rotatable bonds is 2. The largest absolute Gasteiger partial charge is 0.573 e. The monoisotopic (exact) mass is 309 g/mol. The van der Waals surface area contributed by atoms with Crippen molar-refractivity contribution in [1.29, 1.82) is 0 Å². The highest BCUT2D eigenvalue weighted by molar-refractivity contribution is 6.32. The molecule has 1 aromatic rings. The molecule has 0 bridgehead atoms. The van der Waals surface area contributed by atoms with Gasteiger partial charge in [0.1, 0.15) is 17.5 Å². The van der Waals surface area contributed by atoms with Gasteiger partial charge in [-0.1, -0.05) is 11.6 Å². The molecule has 0 aromatic heterocycles. The number of phenols is 1. The van der Waals surface area contributed by atoms with E-state index >= 15 is 0 Å². The third-order valence-electron chi connectivity index (χ3n) is 1.99. The first-order chi connectivity index (χ1) is 8.42. The fourth-order valence-electron chi connectivity index (χ4n) is 1.20. The highest BCUT2D eigenvalue weighted by atomic mass is 35.5. The minimum atomic E-state index is -5.11. The zero-order valence-corrected chi connectivity index (χ0v) is 9.57. The Hall–Kier alpha value is -1.35. The van der Waals surface area contributed by atoms with Gasteiger partial charge in [-0.05, 0) is 6.07 Å². The van der Waals surface area contributed by atoms with E-state index in [4.69, 9.17) is 17.3 Å². The van der Waals surface area contributed by atoms with Crippen LogP contribution in [0.5, 0.6) is 11.5 Å². The molecule has 1 aromatic carbocycles. The van der Waals surface area contributed by atoms with Gasteiger partial charge in [-0.15, -0.1) is 13.2 Å². The lowest BCUT2D eigenvalue weighted by molar-refractivity contribution is -0.274. The van der Waals surface area contributed by atoms with Gasteiger partial charge in [-0.25, -0.2) is 0 Å². The van der Waals surface area contributed by atoms with E-state index in [1.54, 1.807) is 0 Å². The maximum Gasteiger partial charge on any atom is 0.573 e. The number of benzene rings is 1. The van der Waals surface area contributed by atoms with Crippen LogP contribution in [0.15, 0.2) is 12.1 Å². The Labute approximate surface area is 107 Å². The fourth-order valence-corrected chi connectivity index (χ4v) is 1.42. The lowest BCUT2D eigenvalue weighted by Crippen LogP contribution is -2.28. The van der Waals surface area contributed by atoms with Crippen molar-refractivity contribution in [2.75, 3.05) is 0 Å². The lowest BCUT2D eigenvalue weighted by Gasteiger charge is -2.19. The number of halogens is 7. The van der Waals surface area contributed by atoms with Gasteiger partial charge >= 0.3 is 12.5 Å². The van der Waals surface area contributed by atoms with Crippen LogP contribution in [-0.2, 0) is 0 Å². The summed E-state index contributed by atoms with van der Waals surface area (Å²) in [6.45, 7) is 0. The molecule has 10 heteroatoms. The first-order valence-corrected chi connectivity index (χ1v) is 4.90. The van der Waals surface area contributed by atoms with E-state index in [2.05, 4.69) is 4.74 Å². The van der Waals surface area contributed by atoms with E-state index in [-0.39, 0.29) is 0 Å². The average molecular weight is 310 g/mol. The average Bonchev–Trinajstić information content (AvgIpc) is 2.18. The van der Waals surface area contributed by atoms with Crippen molar-refractivity contribution in [3.8, 4) is 11.5 Å². The van der Waals surface area contributed by atoms with E-state index in [0.717, 1.165) is 0 Å². The molecule has 0 radical (unpaired) electrons. The van der Waals surface area contributed by atoms with Crippen LogP contribution in [0.2, 0.25) is 5.02 Å². The van der Waals surface area contributed by atoms with Crippen LogP contribution < -0.4 is 10.5 Å². The molecule has 0 spiro atoms. The van der Waals surface area contributed by atoms with Crippen molar-refractivity contribution in [3.05, 3.63) is 22.7 Å². The molecular formula is C9H6ClF6NO2. The number of alkyl halides is 6. The van der Waals surface area contributed by atoms with Crippen LogP contribution >= 0.6 is 11.6 Å². The lowest BCUT2D eigenvalue weighted by atomic mass is 10.1. The van der Waals surface area contributed by atoms with Crippen molar-refractivity contribution < 1.29 is 36.2 Å². The fraction of sp³-hybridized carbons (Fsp3) is 0.333. The van der Waals surface area contributed by atoms with Crippen LogP contribution in [0.4, 0.5) is 26.3 Å². The predicted octanol–water partition coefficient (Wildman–Crippen LogP) is 3.51. The van der Waals surface area contributed by atoms with Gasteiger partial charge in [0.15, 0.2) is 0 Å². The summed E-state index contributed by atoms with van der Waals surface area (Å²) < 4.78 is 76.4. The molecule has 3 N–H and O–H groups in total. The highest BCUT2D eigenvalue weighted by Crippen LogP contribution is 2.41. The molecule has 19 heavy (non-hydrogen) atoms. The Morgan fingerprint density at radius 2 is 1.68 bits per heavy atom. The highest BCUT2D eigenvalue weighted by Gasteiger charge is 2.40. The van der Waals surface area contributed by atoms with Gasteiger partial charge in [0, 0.05) is 11.6 Å². The van der Waals surface area contributed by atoms with Gasteiger partial charge in [0.25, 0.3) is 0 Å². The van der Waals surface area contributed by atoms with Crippen molar-refractivity contribution in [2.24, 2.45) is 5.73 Å². The van der Waals surface area contributed by atoms with Crippen LogP contribution in [0.25, 0.3) is 0 Å². The van der Waals surface area contributed by atoms with E-state index in [1.807, 2.05) is 0 Å². The third kappa shape index (κ3) is 4.06. The first kappa shape index (κ1) is 15.7. The summed E-state index contributed by atoms with van der Waals surface area (Å²) in [6, 6.07) is -1.84. The maximum absolute atomic E-state index is 12.4. The minimum absolute atomic E-state index is 0.326. The van der Waals surface area contributed by atoms with Crippen LogP contribution in [0.1, 0.15) is 11.6 Å². The van der Waals surface area contributed by atoms with Gasteiger partial charge < -0.3 is 15.6 Å². The second-order valence-corrected chi connectivity index (χ2v) is 3.82. The quantitative estimate of drug-likeness (QED) is 0.822. The first-order valence-electron chi connectivity index (χ1n) is 4.52. The second kappa shape index (κ2) is 4.97. The molecule has 0 heterocycles. The topological polar surface area (TPSA) is 55.5 Å². The molecule has 0 aliphatic rings. The molecule has 0 fully saturated rings. The molecule has 1 atom stereocenters. The van der Waals surface area contributed by atoms with E-state index in [9.17, 15) is 31.4 Å². The smallest absolute Gasteiger partial charge is 0.506 e. The molecule has 0 aliphatic carbocycles. The Kier molecular flexibility index (Phi) is 4.11. The van der Waals surface area contributed by atoms with Gasteiger partial charge in [0.2, 0.25) is 0 Å². The van der Waals surface area contributed by atoms with E-state index in [0.29, 0.717) is 12.1 Å². The van der Waals surface area contributed by atoms with Crippen LogP contribution in [0.3, 0.4) is 0 Å². The third-order valence-corrected chi connectivity index (χ3v) is 2.28. The number of phenolic OH excluding ortho intramolecular Hbond substituents is 1. The standard InChI is InChI=1S/C9H6ClF6NO2/c10-5-2-3(19-9(14,15)16)1-4(6(5)18)7(17)8(11,12)13/h1-2,7,18H,17H2/t7-/m0/s1. The van der Waals surface area contributed by atoms with Crippen molar-refractivity contribution in [2.45, 2.75) is 18.6 Å². The number of hydrogen-bond donors (Lipinski definition) is 2. The molecule has 0 aliphatic heterocycles. The SMILES string of the molecule is N[C@@H](c1cc(OC(F)(F)F)cc(Cl)c1O)C(F)(F)F. The Morgan fingerprint density at radius 3 is 2.11 bits per heavy atom. The summed E-state index contributed by atoms with van der Waals surface area (Å²) in [5.74, 6) is -2.06. The molecule has 0 saturated heterocycles. The van der Waals surface area contributed by atoms with Crippen LogP contribution in [0, 0.1) is 0 Å². The summed E-state index contributed by atoms with van der Waals surface area (Å²) in [7, 11) is 0. The summed E-state index contributed by atoms with van der Waals surface area (Å²) in [4.78, 5) is 0. The zero-order valence-electron chi connectivity index (χ0n) is 8.81. The molecule has 108 valence electrons. The molecule has 0 amide bonds. The summed E-state index contributed by atoms with van der Waals surface area (Å²) in [5.41, 5.74) is 3.78. The van der Waals surface area contributed by atoms with E-state index in [1.165, 1.54) is 0 Å². The summed E-state index contributed by atoms with van der Waals surface area (Å²) in [6.07, 6.45) is -10.1. The van der Waals surface area contributed by atoms with Crippen molar-refractivity contribution >= 4 is 11.6 Å². The number of nitrogens with two attached hydrogens (primary N) is 1. The predicted molar refractivity (Wildman–Crippen MR) is 52.8 cm³/mol. The zero-order chi connectivity index (χ0) is 15.0. The van der Waals surface area contributed by atoms with Crippen molar-refractivity contribution in [3.63, 3.8) is 0 Å². The van der Waals surface area contributed by atoms with Crippen molar-refractivity contribution in [1.82, 2.24) is 0 Å². The molecule has 1 rings (SSSR count). The maximum atomic E-state index is 12.4. The number of hydrogen-bond acceptors (Lipinski definition) is 3. The summed E-state index contributed by atoms with van der Waals surface area (Å²) >= 11 is 5.32. The molecule has 0 saturated carbocycles.